The average molecular weight is 362 g/mol. The van der Waals surface area contributed by atoms with E-state index in [0.717, 1.165) is 16.5 Å². The predicted octanol–water partition coefficient (Wildman–Crippen LogP) is 4.71. The molecule has 4 nitrogen and oxygen atoms in total. The van der Waals surface area contributed by atoms with Crippen LogP contribution in [0.5, 0.6) is 0 Å². The molecule has 0 bridgehead atoms. The van der Waals surface area contributed by atoms with Gasteiger partial charge in [-0.25, -0.2) is 9.97 Å². The number of hydrogen-bond donors (Lipinski definition) is 0. The molecule has 1 aromatic carbocycles. The van der Waals surface area contributed by atoms with Crippen molar-refractivity contribution < 1.29 is 0 Å². The van der Waals surface area contributed by atoms with Crippen molar-refractivity contribution in [1.82, 2.24) is 14.5 Å². The average Bonchev–Trinajstić information content (AvgIpc) is 2.60. The molecule has 3 aromatic rings. The summed E-state index contributed by atoms with van der Waals surface area (Å²) in [5.74, 6) is 0. The van der Waals surface area contributed by atoms with Gasteiger partial charge >= 0.3 is 0 Å². The van der Waals surface area contributed by atoms with E-state index >= 15 is 0 Å². The molecule has 2 heterocycles. The summed E-state index contributed by atoms with van der Waals surface area (Å²) in [6, 6.07) is 7.43. The van der Waals surface area contributed by atoms with Crippen molar-refractivity contribution in [3.8, 4) is 11.1 Å². The van der Waals surface area contributed by atoms with Crippen LogP contribution < -0.4 is 5.56 Å². The van der Waals surface area contributed by atoms with E-state index in [1.165, 1.54) is 11.8 Å². The Hall–Kier alpha value is -1.85. The second-order valence-electron chi connectivity index (χ2n) is 4.99. The molecule has 2 aromatic heterocycles. The number of nitrogens with zero attached hydrogens (tertiary/aromatic N) is 3. The van der Waals surface area contributed by atoms with Gasteiger partial charge in [0.1, 0.15) is 5.65 Å². The molecule has 126 valence electrons. The normalized spacial score (nSPS) is 10.4. The number of rotatable bonds is 2. The molecule has 0 spiro atoms. The Morgan fingerprint density at radius 1 is 1.25 bits per heavy atom. The van der Waals surface area contributed by atoms with E-state index in [2.05, 4.69) is 9.97 Å². The van der Waals surface area contributed by atoms with Gasteiger partial charge in [0.25, 0.3) is 5.56 Å². The maximum Gasteiger partial charge on any atom is 0.259 e. The van der Waals surface area contributed by atoms with Gasteiger partial charge in [0, 0.05) is 34.8 Å². The van der Waals surface area contributed by atoms with E-state index in [9.17, 15) is 4.79 Å². The summed E-state index contributed by atoms with van der Waals surface area (Å²) < 4.78 is 1.55. The molecule has 0 unspecified atom stereocenters. The molecule has 24 heavy (non-hydrogen) atoms. The Labute approximate surface area is 150 Å². The number of thioether (sulfide) groups is 1. The molecule has 0 atom stereocenters. The molecule has 0 amide bonds. The molecular formula is C18H20ClN3OS. The lowest BCUT2D eigenvalue weighted by molar-refractivity contribution is 0.861. The number of benzene rings is 1. The topological polar surface area (TPSA) is 47.8 Å². The molecule has 0 saturated carbocycles. The van der Waals surface area contributed by atoms with E-state index in [-0.39, 0.29) is 5.56 Å². The zero-order chi connectivity index (χ0) is 17.9. The number of fused-ring (bicyclic) bond motifs is 1. The molecule has 6 heteroatoms. The molecule has 0 aliphatic rings. The first-order valence-electron chi connectivity index (χ1n) is 7.69. The van der Waals surface area contributed by atoms with Crippen LogP contribution in [0.3, 0.4) is 0 Å². The summed E-state index contributed by atoms with van der Waals surface area (Å²) in [5, 5.41) is 2.02. The van der Waals surface area contributed by atoms with Crippen LogP contribution in [0.25, 0.3) is 22.2 Å². The summed E-state index contributed by atoms with van der Waals surface area (Å²) in [6.45, 7) is 5.94. The summed E-state index contributed by atoms with van der Waals surface area (Å²) in [5.41, 5.74) is 2.80. The van der Waals surface area contributed by atoms with Gasteiger partial charge in [-0.3, -0.25) is 9.36 Å². The van der Waals surface area contributed by atoms with Crippen molar-refractivity contribution >= 4 is 34.4 Å². The van der Waals surface area contributed by atoms with Crippen molar-refractivity contribution in [3.63, 3.8) is 0 Å². The number of hydrogen-bond acceptors (Lipinski definition) is 4. The quantitative estimate of drug-likeness (QED) is 0.490. The van der Waals surface area contributed by atoms with Crippen molar-refractivity contribution in [2.24, 2.45) is 7.05 Å². The first-order valence-corrected chi connectivity index (χ1v) is 9.29. The van der Waals surface area contributed by atoms with E-state index in [1.54, 1.807) is 23.9 Å². The van der Waals surface area contributed by atoms with Gasteiger partial charge < -0.3 is 0 Å². The first kappa shape index (κ1) is 18.5. The largest absolute Gasteiger partial charge is 0.295 e. The van der Waals surface area contributed by atoms with Crippen molar-refractivity contribution in [3.05, 3.63) is 51.4 Å². The van der Waals surface area contributed by atoms with Gasteiger partial charge in [0.05, 0.1) is 0 Å². The summed E-state index contributed by atoms with van der Waals surface area (Å²) in [4.78, 5) is 21.4. The Bertz CT molecular complexity index is 917. The third-order valence-electron chi connectivity index (χ3n) is 3.60. The molecule has 0 radical (unpaired) electrons. The Balaban J connectivity index is 0.00000100. The fraction of sp³-hybridized carbons (Fsp3) is 0.278. The molecule has 0 N–H and O–H groups in total. The fourth-order valence-corrected chi connectivity index (χ4v) is 3.14. The van der Waals surface area contributed by atoms with Gasteiger partial charge in [-0.05, 0) is 30.9 Å². The zero-order valence-corrected chi connectivity index (χ0v) is 16.0. The first-order chi connectivity index (χ1) is 11.5. The summed E-state index contributed by atoms with van der Waals surface area (Å²) in [6.07, 6.45) is 3.64. The minimum absolute atomic E-state index is 0.116. The van der Waals surface area contributed by atoms with E-state index < -0.39 is 0 Å². The van der Waals surface area contributed by atoms with Crippen molar-refractivity contribution in [1.29, 1.82) is 0 Å². The minimum atomic E-state index is -0.116. The second kappa shape index (κ2) is 7.81. The monoisotopic (exact) mass is 361 g/mol. The Morgan fingerprint density at radius 2 is 1.96 bits per heavy atom. The van der Waals surface area contributed by atoms with E-state index in [4.69, 9.17) is 11.6 Å². The fourth-order valence-electron chi connectivity index (χ4n) is 2.48. The number of aromatic nitrogens is 3. The molecule has 0 saturated heterocycles. The van der Waals surface area contributed by atoms with Crippen LogP contribution in [-0.4, -0.2) is 20.8 Å². The van der Waals surface area contributed by atoms with Crippen molar-refractivity contribution in [2.75, 3.05) is 6.26 Å². The van der Waals surface area contributed by atoms with Crippen LogP contribution in [0.4, 0.5) is 0 Å². The van der Waals surface area contributed by atoms with Crippen LogP contribution >= 0.6 is 23.4 Å². The smallest absolute Gasteiger partial charge is 0.259 e. The summed E-state index contributed by atoms with van der Waals surface area (Å²) >= 11 is 7.75. The number of halogens is 1. The van der Waals surface area contributed by atoms with E-state index in [1.807, 2.05) is 45.2 Å². The van der Waals surface area contributed by atoms with Crippen LogP contribution in [0, 0.1) is 6.92 Å². The van der Waals surface area contributed by atoms with Crippen LogP contribution in [0.2, 0.25) is 5.02 Å². The Kier molecular flexibility index (Phi) is 6.02. The highest BCUT2D eigenvalue weighted by Crippen LogP contribution is 2.30. The SMILES string of the molecule is CC.CSc1ncc2cc(-c3c(C)cccc3Cl)c(=O)n(C)c2n1. The van der Waals surface area contributed by atoms with Gasteiger partial charge in [0.15, 0.2) is 5.16 Å². The minimum Gasteiger partial charge on any atom is -0.295 e. The highest BCUT2D eigenvalue weighted by molar-refractivity contribution is 7.98. The van der Waals surface area contributed by atoms with Crippen molar-refractivity contribution in [2.45, 2.75) is 25.9 Å². The van der Waals surface area contributed by atoms with Crippen LogP contribution in [0.1, 0.15) is 19.4 Å². The highest BCUT2D eigenvalue weighted by Gasteiger charge is 2.15. The lowest BCUT2D eigenvalue weighted by Crippen LogP contribution is -2.20. The number of pyridine rings is 1. The third kappa shape index (κ3) is 3.32. The van der Waals surface area contributed by atoms with Crippen LogP contribution in [0.15, 0.2) is 40.4 Å². The Morgan fingerprint density at radius 3 is 2.58 bits per heavy atom. The van der Waals surface area contributed by atoms with E-state index in [0.29, 0.717) is 21.4 Å². The highest BCUT2D eigenvalue weighted by atomic mass is 35.5. The third-order valence-corrected chi connectivity index (χ3v) is 4.48. The predicted molar refractivity (Wildman–Crippen MR) is 103 cm³/mol. The molecular weight excluding hydrogens is 342 g/mol. The zero-order valence-electron chi connectivity index (χ0n) is 14.4. The molecule has 0 aliphatic carbocycles. The van der Waals surface area contributed by atoms with Gasteiger partial charge in [0.2, 0.25) is 0 Å². The van der Waals surface area contributed by atoms with Gasteiger partial charge in [-0.2, -0.15) is 0 Å². The maximum atomic E-state index is 12.7. The van der Waals surface area contributed by atoms with Gasteiger partial charge in [-0.15, -0.1) is 0 Å². The summed E-state index contributed by atoms with van der Waals surface area (Å²) in [7, 11) is 1.72. The van der Waals surface area contributed by atoms with Gasteiger partial charge in [-0.1, -0.05) is 49.3 Å². The lowest BCUT2D eigenvalue weighted by atomic mass is 10.0. The standard InChI is InChI=1S/C16H14ClN3OS.C2H6/c1-9-5-4-6-12(17)13(9)11-7-10-8-18-16(22-3)19-14(10)20(2)15(11)21;1-2/h4-8H,1-3H3;1-2H3. The molecule has 3 rings (SSSR count). The van der Waals surface area contributed by atoms with Crippen LogP contribution in [-0.2, 0) is 7.05 Å². The lowest BCUT2D eigenvalue weighted by Gasteiger charge is -2.11. The molecule has 0 aliphatic heterocycles. The second-order valence-corrected chi connectivity index (χ2v) is 6.17. The maximum absolute atomic E-state index is 12.7. The molecule has 0 fully saturated rings. The number of aryl methyl sites for hydroxylation is 2.